The number of anilines is 1. The van der Waals surface area contributed by atoms with E-state index in [0.29, 0.717) is 11.5 Å². The van der Waals surface area contributed by atoms with Crippen LogP contribution in [-0.2, 0) is 0 Å². The van der Waals surface area contributed by atoms with Crippen LogP contribution in [0, 0.1) is 11.8 Å². The van der Waals surface area contributed by atoms with Crippen LogP contribution in [0.4, 0.5) is 5.69 Å². The van der Waals surface area contributed by atoms with Gasteiger partial charge in [0.1, 0.15) is 0 Å². The number of hydrogen-bond acceptors (Lipinski definition) is 2. The first-order valence-corrected chi connectivity index (χ1v) is 6.55. The molecule has 2 rings (SSSR count). The van der Waals surface area contributed by atoms with Gasteiger partial charge in [-0.05, 0) is 30.0 Å². The van der Waals surface area contributed by atoms with Gasteiger partial charge in [-0.1, -0.05) is 29.8 Å². The van der Waals surface area contributed by atoms with Crippen LogP contribution in [0.3, 0.4) is 0 Å². The molecule has 1 heterocycles. The van der Waals surface area contributed by atoms with Gasteiger partial charge in [-0.15, -0.1) is 0 Å². The zero-order valence-electron chi connectivity index (χ0n) is 9.98. The lowest BCUT2D eigenvalue weighted by atomic mass is 9.88. The van der Waals surface area contributed by atoms with Gasteiger partial charge in [0.25, 0.3) is 0 Å². The molecule has 0 bridgehead atoms. The lowest BCUT2D eigenvalue weighted by Crippen LogP contribution is -2.49. The SMILES string of the molecule is CC(C)C1CN(c2cc(Br)cc(C(=O)O)c2)C1. The fourth-order valence-electron chi connectivity index (χ4n) is 2.03. The molecular formula is C13H16BrNO2. The number of benzene rings is 1. The minimum atomic E-state index is -0.881. The van der Waals surface area contributed by atoms with Crippen molar-refractivity contribution in [3.05, 3.63) is 28.2 Å². The van der Waals surface area contributed by atoms with E-state index in [2.05, 4.69) is 34.7 Å². The van der Waals surface area contributed by atoms with Gasteiger partial charge in [-0.3, -0.25) is 0 Å². The largest absolute Gasteiger partial charge is 0.478 e. The monoisotopic (exact) mass is 297 g/mol. The highest BCUT2D eigenvalue weighted by Gasteiger charge is 2.29. The van der Waals surface area contributed by atoms with Crippen molar-refractivity contribution in [1.29, 1.82) is 0 Å². The molecule has 0 aliphatic carbocycles. The van der Waals surface area contributed by atoms with E-state index < -0.39 is 5.97 Å². The Balaban J connectivity index is 2.15. The summed E-state index contributed by atoms with van der Waals surface area (Å²) in [5.41, 5.74) is 1.33. The Bertz CT molecular complexity index is 439. The first-order chi connectivity index (χ1) is 7.97. The maximum absolute atomic E-state index is 11.0. The van der Waals surface area contributed by atoms with Gasteiger partial charge in [0.2, 0.25) is 0 Å². The lowest BCUT2D eigenvalue weighted by Gasteiger charge is -2.43. The molecule has 17 heavy (non-hydrogen) atoms. The van der Waals surface area contributed by atoms with Crippen molar-refractivity contribution < 1.29 is 9.90 Å². The number of carbonyl (C=O) groups is 1. The van der Waals surface area contributed by atoms with Crippen molar-refractivity contribution in [2.75, 3.05) is 18.0 Å². The number of halogens is 1. The van der Waals surface area contributed by atoms with Gasteiger partial charge in [0, 0.05) is 23.2 Å². The molecule has 1 aliphatic rings. The summed E-state index contributed by atoms with van der Waals surface area (Å²) in [7, 11) is 0. The quantitative estimate of drug-likeness (QED) is 0.931. The maximum Gasteiger partial charge on any atom is 0.335 e. The van der Waals surface area contributed by atoms with Crippen LogP contribution in [0.2, 0.25) is 0 Å². The number of nitrogens with zero attached hydrogens (tertiary/aromatic N) is 1. The molecule has 1 N–H and O–H groups in total. The van der Waals surface area contributed by atoms with Crippen molar-refractivity contribution in [1.82, 2.24) is 0 Å². The molecule has 0 aromatic heterocycles. The highest BCUT2D eigenvalue weighted by Crippen LogP contribution is 2.31. The smallest absolute Gasteiger partial charge is 0.335 e. The summed E-state index contributed by atoms with van der Waals surface area (Å²) in [6.07, 6.45) is 0. The summed E-state index contributed by atoms with van der Waals surface area (Å²) in [6.45, 7) is 6.50. The zero-order valence-corrected chi connectivity index (χ0v) is 11.6. The van der Waals surface area contributed by atoms with Crippen molar-refractivity contribution in [2.24, 2.45) is 11.8 Å². The van der Waals surface area contributed by atoms with E-state index in [1.165, 1.54) is 0 Å². The van der Waals surface area contributed by atoms with Crippen LogP contribution >= 0.6 is 15.9 Å². The molecule has 0 radical (unpaired) electrons. The summed E-state index contributed by atoms with van der Waals surface area (Å²) in [6, 6.07) is 5.35. The maximum atomic E-state index is 11.0. The van der Waals surface area contributed by atoms with Crippen molar-refractivity contribution in [3.63, 3.8) is 0 Å². The van der Waals surface area contributed by atoms with Crippen LogP contribution in [0.5, 0.6) is 0 Å². The molecule has 0 atom stereocenters. The van der Waals surface area contributed by atoms with E-state index in [1.54, 1.807) is 12.1 Å². The second kappa shape index (κ2) is 4.69. The molecule has 0 unspecified atom stereocenters. The van der Waals surface area contributed by atoms with Crippen LogP contribution in [-0.4, -0.2) is 24.2 Å². The molecule has 92 valence electrons. The van der Waals surface area contributed by atoms with Crippen LogP contribution in [0.25, 0.3) is 0 Å². The Morgan fingerprint density at radius 2 is 2.06 bits per heavy atom. The Morgan fingerprint density at radius 3 is 2.59 bits per heavy atom. The summed E-state index contributed by atoms with van der Waals surface area (Å²) in [4.78, 5) is 13.2. The molecule has 1 aromatic carbocycles. The second-order valence-electron chi connectivity index (χ2n) is 4.91. The topological polar surface area (TPSA) is 40.5 Å². The third kappa shape index (κ3) is 2.63. The molecule has 1 aromatic rings. The highest BCUT2D eigenvalue weighted by molar-refractivity contribution is 9.10. The Kier molecular flexibility index (Phi) is 3.43. The molecule has 1 fully saturated rings. The van der Waals surface area contributed by atoms with Crippen molar-refractivity contribution >= 4 is 27.6 Å². The third-order valence-electron chi connectivity index (χ3n) is 3.35. The van der Waals surface area contributed by atoms with Crippen LogP contribution in [0.15, 0.2) is 22.7 Å². The van der Waals surface area contributed by atoms with Crippen molar-refractivity contribution in [3.8, 4) is 0 Å². The molecule has 4 heteroatoms. The Hall–Kier alpha value is -1.03. The minimum absolute atomic E-state index is 0.336. The summed E-state index contributed by atoms with van der Waals surface area (Å²) < 4.78 is 0.820. The highest BCUT2D eigenvalue weighted by atomic mass is 79.9. The fraction of sp³-hybridized carbons (Fsp3) is 0.462. The fourth-order valence-corrected chi connectivity index (χ4v) is 2.51. The Morgan fingerprint density at radius 1 is 1.41 bits per heavy atom. The lowest BCUT2D eigenvalue weighted by molar-refractivity contribution is 0.0697. The molecule has 0 saturated carbocycles. The number of carboxylic acid groups (broad SMARTS) is 1. The third-order valence-corrected chi connectivity index (χ3v) is 3.81. The summed E-state index contributed by atoms with van der Waals surface area (Å²) in [5.74, 6) is 0.535. The number of aromatic carboxylic acids is 1. The molecule has 3 nitrogen and oxygen atoms in total. The molecule has 1 saturated heterocycles. The van der Waals surface area contributed by atoms with Gasteiger partial charge in [0.05, 0.1) is 5.56 Å². The van der Waals surface area contributed by atoms with E-state index in [-0.39, 0.29) is 0 Å². The van der Waals surface area contributed by atoms with Crippen LogP contribution < -0.4 is 4.90 Å². The summed E-state index contributed by atoms with van der Waals surface area (Å²) in [5, 5.41) is 9.01. The number of hydrogen-bond donors (Lipinski definition) is 1. The zero-order chi connectivity index (χ0) is 12.6. The minimum Gasteiger partial charge on any atom is -0.478 e. The van der Waals surface area contributed by atoms with Gasteiger partial charge >= 0.3 is 5.97 Å². The molecule has 1 aliphatic heterocycles. The average molecular weight is 298 g/mol. The van der Waals surface area contributed by atoms with E-state index in [4.69, 9.17) is 5.11 Å². The number of rotatable bonds is 3. The van der Waals surface area contributed by atoms with Gasteiger partial charge < -0.3 is 10.0 Å². The van der Waals surface area contributed by atoms with Crippen LogP contribution in [0.1, 0.15) is 24.2 Å². The van der Waals surface area contributed by atoms with Crippen molar-refractivity contribution in [2.45, 2.75) is 13.8 Å². The first-order valence-electron chi connectivity index (χ1n) is 5.76. The van der Waals surface area contributed by atoms with Gasteiger partial charge in [-0.25, -0.2) is 4.79 Å². The van der Waals surface area contributed by atoms with E-state index in [9.17, 15) is 4.79 Å². The molecular weight excluding hydrogens is 282 g/mol. The van der Waals surface area contributed by atoms with Gasteiger partial charge in [-0.2, -0.15) is 0 Å². The first kappa shape index (κ1) is 12.4. The second-order valence-corrected chi connectivity index (χ2v) is 5.83. The Labute approximate surface area is 110 Å². The predicted molar refractivity (Wildman–Crippen MR) is 71.6 cm³/mol. The van der Waals surface area contributed by atoms with E-state index in [0.717, 1.165) is 29.2 Å². The number of carboxylic acids is 1. The summed E-state index contributed by atoms with van der Waals surface area (Å²) >= 11 is 3.36. The standard InChI is InChI=1S/C13H16BrNO2/c1-8(2)10-6-15(7-10)12-4-9(13(16)17)3-11(14)5-12/h3-5,8,10H,6-7H2,1-2H3,(H,16,17). The molecule has 0 amide bonds. The average Bonchev–Trinajstić information content (AvgIpc) is 2.13. The van der Waals surface area contributed by atoms with E-state index in [1.807, 2.05) is 6.07 Å². The normalized spacial score (nSPS) is 16.1. The van der Waals surface area contributed by atoms with E-state index >= 15 is 0 Å². The predicted octanol–water partition coefficient (Wildman–Crippen LogP) is 3.24. The molecule has 0 spiro atoms. The van der Waals surface area contributed by atoms with Gasteiger partial charge in [0.15, 0.2) is 0 Å².